The number of hydrogen-bond acceptors (Lipinski definition) is 6. The highest BCUT2D eigenvalue weighted by Gasteiger charge is 2.25. The minimum absolute atomic E-state index is 0.163. The van der Waals surface area contributed by atoms with Gasteiger partial charge in [0.15, 0.2) is 4.90 Å². The van der Waals surface area contributed by atoms with Gasteiger partial charge in [0.25, 0.3) is 15.7 Å². The van der Waals surface area contributed by atoms with E-state index < -0.39 is 31.5 Å². The van der Waals surface area contributed by atoms with Crippen LogP contribution >= 0.6 is 0 Å². The molecule has 0 aliphatic heterocycles. The molecule has 0 bridgehead atoms. The number of sulfonamides is 1. The van der Waals surface area contributed by atoms with Crippen LogP contribution in [-0.2, 0) is 14.8 Å². The zero-order valence-electron chi connectivity index (χ0n) is 11.9. The molecule has 9 heteroatoms. The van der Waals surface area contributed by atoms with E-state index in [9.17, 15) is 23.3 Å². The first-order valence-corrected chi connectivity index (χ1v) is 7.78. The van der Waals surface area contributed by atoms with E-state index in [1.807, 2.05) is 0 Å². The molecule has 2 aromatic carbocycles. The number of nitrogens with one attached hydrogen (secondary N) is 1. The van der Waals surface area contributed by atoms with Crippen molar-refractivity contribution in [2.75, 3.05) is 11.8 Å². The average molecular weight is 336 g/mol. The van der Waals surface area contributed by atoms with E-state index in [1.54, 1.807) is 0 Å². The molecule has 0 unspecified atom stereocenters. The second-order valence-corrected chi connectivity index (χ2v) is 6.05. The molecule has 2 rings (SSSR count). The summed E-state index contributed by atoms with van der Waals surface area (Å²) in [5, 5.41) is 10.9. The Kier molecular flexibility index (Phi) is 4.60. The van der Waals surface area contributed by atoms with Crippen molar-refractivity contribution < 1.29 is 22.9 Å². The highest BCUT2D eigenvalue weighted by atomic mass is 32.2. The van der Waals surface area contributed by atoms with Gasteiger partial charge in [-0.3, -0.25) is 14.8 Å². The Morgan fingerprint density at radius 2 is 1.74 bits per heavy atom. The number of methoxy groups -OCH3 is 1. The van der Waals surface area contributed by atoms with Gasteiger partial charge in [-0.15, -0.1) is 0 Å². The van der Waals surface area contributed by atoms with Crippen LogP contribution in [-0.4, -0.2) is 26.4 Å². The lowest BCUT2D eigenvalue weighted by Gasteiger charge is -2.09. The maximum atomic E-state index is 12.3. The lowest BCUT2D eigenvalue weighted by Crippen LogP contribution is -2.14. The zero-order valence-corrected chi connectivity index (χ0v) is 12.7. The lowest BCUT2D eigenvalue weighted by atomic mass is 10.2. The second-order valence-electron chi connectivity index (χ2n) is 4.40. The third-order valence-electron chi connectivity index (χ3n) is 2.91. The van der Waals surface area contributed by atoms with Gasteiger partial charge in [-0.1, -0.05) is 12.1 Å². The van der Waals surface area contributed by atoms with E-state index in [1.165, 1.54) is 43.5 Å². The second kappa shape index (κ2) is 6.44. The Morgan fingerprint density at radius 3 is 2.30 bits per heavy atom. The number of carbonyl (C=O) groups is 1. The summed E-state index contributed by atoms with van der Waals surface area (Å²) in [4.78, 5) is 21.0. The summed E-state index contributed by atoms with van der Waals surface area (Å²) < 4.78 is 31.4. The molecule has 0 aliphatic rings. The van der Waals surface area contributed by atoms with Crippen molar-refractivity contribution >= 4 is 27.4 Å². The molecule has 120 valence electrons. The van der Waals surface area contributed by atoms with Gasteiger partial charge in [0.2, 0.25) is 0 Å². The standard InChI is InChI=1S/C14H12N2O6S/c1-22-14(17)10-6-8-11(9-7-10)15-23(20,21)13-5-3-2-4-12(13)16(18)19/h2-9,15H,1H3. The van der Waals surface area contributed by atoms with Crippen molar-refractivity contribution in [3.63, 3.8) is 0 Å². The van der Waals surface area contributed by atoms with Gasteiger partial charge in [0.05, 0.1) is 17.6 Å². The molecule has 0 amide bonds. The first-order valence-electron chi connectivity index (χ1n) is 6.30. The largest absolute Gasteiger partial charge is 0.465 e. The van der Waals surface area contributed by atoms with Gasteiger partial charge in [0.1, 0.15) is 0 Å². The van der Waals surface area contributed by atoms with Crippen LogP contribution in [0.25, 0.3) is 0 Å². The molecule has 0 fully saturated rings. The van der Waals surface area contributed by atoms with Gasteiger partial charge >= 0.3 is 5.97 Å². The molecular weight excluding hydrogens is 324 g/mol. The summed E-state index contributed by atoms with van der Waals surface area (Å²) in [7, 11) is -2.91. The number of nitrogens with zero attached hydrogens (tertiary/aromatic N) is 1. The predicted octanol–water partition coefficient (Wildman–Crippen LogP) is 2.18. The molecule has 0 radical (unpaired) electrons. The van der Waals surface area contributed by atoms with Gasteiger partial charge in [0, 0.05) is 11.8 Å². The fraction of sp³-hybridized carbons (Fsp3) is 0.0714. The number of carbonyl (C=O) groups excluding carboxylic acids is 1. The van der Waals surface area contributed by atoms with Gasteiger partial charge in [-0.05, 0) is 30.3 Å². The van der Waals surface area contributed by atoms with Crippen LogP contribution in [0.3, 0.4) is 0 Å². The number of hydrogen-bond donors (Lipinski definition) is 1. The van der Waals surface area contributed by atoms with E-state index >= 15 is 0 Å². The number of nitro benzene ring substituents is 1. The smallest absolute Gasteiger partial charge is 0.337 e. The predicted molar refractivity (Wildman–Crippen MR) is 81.7 cm³/mol. The summed E-state index contributed by atoms with van der Waals surface area (Å²) in [6, 6.07) is 10.5. The monoisotopic (exact) mass is 336 g/mol. The van der Waals surface area contributed by atoms with Crippen LogP contribution in [0.15, 0.2) is 53.4 Å². The zero-order chi connectivity index (χ0) is 17.0. The molecule has 0 heterocycles. The molecule has 0 aromatic heterocycles. The van der Waals surface area contributed by atoms with Gasteiger partial charge < -0.3 is 4.74 Å². The summed E-state index contributed by atoms with van der Waals surface area (Å²) in [6.07, 6.45) is 0. The number of para-hydroxylation sites is 1. The minimum Gasteiger partial charge on any atom is -0.465 e. The molecule has 0 spiro atoms. The maximum Gasteiger partial charge on any atom is 0.337 e. The van der Waals surface area contributed by atoms with E-state index in [0.717, 1.165) is 12.1 Å². The van der Waals surface area contributed by atoms with Crippen LogP contribution in [0, 0.1) is 10.1 Å². The van der Waals surface area contributed by atoms with Crippen molar-refractivity contribution in [2.24, 2.45) is 0 Å². The summed E-state index contributed by atoms with van der Waals surface area (Å²) >= 11 is 0. The molecule has 8 nitrogen and oxygen atoms in total. The first kappa shape index (κ1) is 16.4. The van der Waals surface area contributed by atoms with Crippen molar-refractivity contribution in [1.29, 1.82) is 0 Å². The number of rotatable bonds is 5. The van der Waals surface area contributed by atoms with E-state index in [2.05, 4.69) is 9.46 Å². The minimum atomic E-state index is -4.14. The Bertz CT molecular complexity index is 846. The highest BCUT2D eigenvalue weighted by molar-refractivity contribution is 7.92. The molecular formula is C14H12N2O6S. The quantitative estimate of drug-likeness (QED) is 0.508. The van der Waals surface area contributed by atoms with Gasteiger partial charge in [-0.2, -0.15) is 0 Å². The normalized spacial score (nSPS) is 10.8. The van der Waals surface area contributed by atoms with E-state index in [0.29, 0.717) is 0 Å². The van der Waals surface area contributed by atoms with Gasteiger partial charge in [-0.25, -0.2) is 13.2 Å². The number of ether oxygens (including phenoxy) is 1. The van der Waals surface area contributed by atoms with Crippen molar-refractivity contribution in [1.82, 2.24) is 0 Å². The molecule has 1 N–H and O–H groups in total. The van der Waals surface area contributed by atoms with Crippen molar-refractivity contribution in [3.05, 3.63) is 64.2 Å². The maximum absolute atomic E-state index is 12.3. The molecule has 0 saturated carbocycles. The van der Waals surface area contributed by atoms with E-state index in [4.69, 9.17) is 0 Å². The van der Waals surface area contributed by atoms with Crippen LogP contribution in [0.4, 0.5) is 11.4 Å². The highest BCUT2D eigenvalue weighted by Crippen LogP contribution is 2.25. The van der Waals surface area contributed by atoms with Crippen molar-refractivity contribution in [2.45, 2.75) is 4.90 Å². The van der Waals surface area contributed by atoms with E-state index in [-0.39, 0.29) is 11.3 Å². The molecule has 0 atom stereocenters. The summed E-state index contributed by atoms with van der Waals surface area (Å²) in [6.45, 7) is 0. The third kappa shape index (κ3) is 3.64. The average Bonchev–Trinajstić information content (AvgIpc) is 2.54. The van der Waals surface area contributed by atoms with Crippen LogP contribution < -0.4 is 4.72 Å². The Labute approximate surface area is 131 Å². The fourth-order valence-electron chi connectivity index (χ4n) is 1.84. The molecule has 2 aromatic rings. The molecule has 0 saturated heterocycles. The van der Waals surface area contributed by atoms with Crippen LogP contribution in [0.5, 0.6) is 0 Å². The Hall–Kier alpha value is -2.94. The Balaban J connectivity index is 2.32. The van der Waals surface area contributed by atoms with Crippen molar-refractivity contribution in [3.8, 4) is 0 Å². The molecule has 0 aliphatic carbocycles. The summed E-state index contributed by atoms with van der Waals surface area (Å²) in [5.74, 6) is -0.557. The number of esters is 1. The fourth-order valence-corrected chi connectivity index (χ4v) is 3.07. The Morgan fingerprint density at radius 1 is 1.13 bits per heavy atom. The van der Waals surface area contributed by atoms with Crippen LogP contribution in [0.1, 0.15) is 10.4 Å². The van der Waals surface area contributed by atoms with Crippen LogP contribution in [0.2, 0.25) is 0 Å². The molecule has 23 heavy (non-hydrogen) atoms. The topological polar surface area (TPSA) is 116 Å². The number of benzene rings is 2. The summed E-state index contributed by atoms with van der Waals surface area (Å²) in [5.41, 5.74) is -0.108. The number of nitro groups is 1. The third-order valence-corrected chi connectivity index (χ3v) is 4.34. The SMILES string of the molecule is COC(=O)c1ccc(NS(=O)(=O)c2ccccc2[N+](=O)[O-])cc1. The first-order chi connectivity index (χ1) is 10.8. The lowest BCUT2D eigenvalue weighted by molar-refractivity contribution is -0.387. The number of anilines is 1.